The number of rotatable bonds is 12. The van der Waals surface area contributed by atoms with Crippen molar-refractivity contribution in [3.05, 3.63) is 90.3 Å². The van der Waals surface area contributed by atoms with Gasteiger partial charge in [0.2, 0.25) is 0 Å². The molecule has 1 saturated heterocycles. The maximum Gasteiger partial charge on any atom is 0.119 e. The average Bonchev–Trinajstić information content (AvgIpc) is 3.29. The van der Waals surface area contributed by atoms with Crippen molar-refractivity contribution in [3.63, 3.8) is 0 Å². The summed E-state index contributed by atoms with van der Waals surface area (Å²) in [6.45, 7) is 7.87. The molecular formula is C27H35N3O3. The van der Waals surface area contributed by atoms with Gasteiger partial charge in [0.25, 0.3) is 0 Å². The highest BCUT2D eigenvalue weighted by atomic mass is 16.5. The number of hydrogen-bond acceptors (Lipinski definition) is 5. The van der Waals surface area contributed by atoms with Crippen molar-refractivity contribution in [2.75, 3.05) is 52.5 Å². The van der Waals surface area contributed by atoms with Gasteiger partial charge in [-0.05, 0) is 29.8 Å². The molecule has 0 saturated carbocycles. The Labute approximate surface area is 197 Å². The molecule has 4 rings (SSSR count). The van der Waals surface area contributed by atoms with Crippen LogP contribution in [0.25, 0.3) is 0 Å². The first kappa shape index (κ1) is 23.5. The molecule has 0 bridgehead atoms. The lowest BCUT2D eigenvalue weighted by Gasteiger charge is -2.31. The van der Waals surface area contributed by atoms with Crippen molar-refractivity contribution >= 4 is 0 Å². The Balaban J connectivity index is 1.37. The fourth-order valence-corrected chi connectivity index (χ4v) is 4.16. The van der Waals surface area contributed by atoms with Crippen LogP contribution in [-0.4, -0.2) is 78.1 Å². The Hall–Kier alpha value is -2.64. The van der Waals surface area contributed by atoms with Gasteiger partial charge in [-0.2, -0.15) is 0 Å². The lowest BCUT2D eigenvalue weighted by molar-refractivity contribution is 0.0253. The van der Waals surface area contributed by atoms with Crippen molar-refractivity contribution in [1.82, 2.24) is 14.4 Å². The molecule has 6 heteroatoms. The normalized spacial score (nSPS) is 15.6. The second-order valence-corrected chi connectivity index (χ2v) is 8.58. The molecule has 1 aromatic heterocycles. The van der Waals surface area contributed by atoms with Crippen LogP contribution in [-0.2, 0) is 17.8 Å². The summed E-state index contributed by atoms with van der Waals surface area (Å²) in [4.78, 5) is 4.78. The van der Waals surface area contributed by atoms with Gasteiger partial charge in [-0.1, -0.05) is 48.5 Å². The monoisotopic (exact) mass is 449 g/mol. The van der Waals surface area contributed by atoms with Crippen LogP contribution >= 0.6 is 0 Å². The van der Waals surface area contributed by atoms with Crippen LogP contribution in [0.1, 0.15) is 11.3 Å². The van der Waals surface area contributed by atoms with Crippen molar-refractivity contribution in [2.45, 2.75) is 19.2 Å². The van der Waals surface area contributed by atoms with E-state index in [4.69, 9.17) is 9.47 Å². The number of para-hydroxylation sites is 1. The first-order valence-electron chi connectivity index (χ1n) is 11.8. The summed E-state index contributed by atoms with van der Waals surface area (Å²) in [6.07, 6.45) is 1.57. The molecule has 1 aliphatic heterocycles. The Kier molecular flexibility index (Phi) is 8.95. The Bertz CT molecular complexity index is 926. The number of benzene rings is 2. The standard InChI is InChI=1S/C27H35N3O3/c31-26(23-33-27-11-5-2-6-12-27)22-29(15-14-28-16-18-32-19-17-28)21-25-10-7-13-30(25)20-24-8-3-1-4-9-24/h1-13,26,31H,14-23H2. The SMILES string of the molecule is OC(COc1ccccc1)CN(CCN1CCOCC1)Cc1cccn1Cc1ccccc1. The molecule has 0 spiro atoms. The van der Waals surface area contributed by atoms with E-state index in [0.717, 1.165) is 58.2 Å². The fraction of sp³-hybridized carbons (Fsp3) is 0.407. The van der Waals surface area contributed by atoms with Crippen LogP contribution in [0.5, 0.6) is 5.75 Å². The smallest absolute Gasteiger partial charge is 0.119 e. The molecular weight excluding hydrogens is 414 g/mol. The van der Waals surface area contributed by atoms with Crippen LogP contribution in [0.2, 0.25) is 0 Å². The van der Waals surface area contributed by atoms with E-state index in [1.54, 1.807) is 0 Å². The van der Waals surface area contributed by atoms with E-state index in [0.29, 0.717) is 6.54 Å². The van der Waals surface area contributed by atoms with Gasteiger partial charge in [0, 0.05) is 57.7 Å². The highest BCUT2D eigenvalue weighted by molar-refractivity contribution is 5.21. The number of nitrogens with zero attached hydrogens (tertiary/aromatic N) is 3. The maximum atomic E-state index is 10.7. The first-order chi connectivity index (χ1) is 16.3. The van der Waals surface area contributed by atoms with E-state index < -0.39 is 6.10 Å². The molecule has 0 radical (unpaired) electrons. The van der Waals surface area contributed by atoms with E-state index in [1.807, 2.05) is 36.4 Å². The highest BCUT2D eigenvalue weighted by Gasteiger charge is 2.17. The second kappa shape index (κ2) is 12.6. The van der Waals surface area contributed by atoms with Crippen LogP contribution < -0.4 is 4.74 Å². The third-order valence-electron chi connectivity index (χ3n) is 6.00. The number of ether oxygens (including phenoxy) is 2. The largest absolute Gasteiger partial charge is 0.491 e. The lowest BCUT2D eigenvalue weighted by atomic mass is 10.2. The zero-order valence-corrected chi connectivity index (χ0v) is 19.3. The summed E-state index contributed by atoms with van der Waals surface area (Å²) in [5.74, 6) is 0.785. The van der Waals surface area contributed by atoms with Crippen LogP contribution in [0.3, 0.4) is 0 Å². The third-order valence-corrected chi connectivity index (χ3v) is 6.00. The van der Waals surface area contributed by atoms with Gasteiger partial charge in [0.15, 0.2) is 0 Å². The molecule has 33 heavy (non-hydrogen) atoms. The summed E-state index contributed by atoms with van der Waals surface area (Å²) in [5, 5.41) is 10.7. The van der Waals surface area contributed by atoms with Gasteiger partial charge in [0.1, 0.15) is 18.5 Å². The van der Waals surface area contributed by atoms with E-state index in [9.17, 15) is 5.11 Å². The second-order valence-electron chi connectivity index (χ2n) is 8.58. The quantitative estimate of drug-likeness (QED) is 0.461. The Morgan fingerprint density at radius 2 is 1.67 bits per heavy atom. The number of hydrogen-bond donors (Lipinski definition) is 1. The molecule has 6 nitrogen and oxygen atoms in total. The topological polar surface area (TPSA) is 50.1 Å². The molecule has 176 valence electrons. The number of aromatic nitrogens is 1. The van der Waals surface area contributed by atoms with Gasteiger partial charge < -0.3 is 19.1 Å². The van der Waals surface area contributed by atoms with E-state index >= 15 is 0 Å². The Morgan fingerprint density at radius 1 is 0.939 bits per heavy atom. The van der Waals surface area contributed by atoms with E-state index in [-0.39, 0.29) is 6.61 Å². The summed E-state index contributed by atoms with van der Waals surface area (Å²) in [6, 6.07) is 24.5. The molecule has 0 aliphatic carbocycles. The predicted molar refractivity (Wildman–Crippen MR) is 130 cm³/mol. The van der Waals surface area contributed by atoms with Gasteiger partial charge in [-0.25, -0.2) is 0 Å². The molecule has 1 unspecified atom stereocenters. The molecule has 1 atom stereocenters. The van der Waals surface area contributed by atoms with Crippen molar-refractivity contribution in [3.8, 4) is 5.75 Å². The van der Waals surface area contributed by atoms with Gasteiger partial charge in [-0.15, -0.1) is 0 Å². The summed E-state index contributed by atoms with van der Waals surface area (Å²) < 4.78 is 13.6. The minimum absolute atomic E-state index is 0.281. The van der Waals surface area contributed by atoms with Crippen molar-refractivity contribution < 1.29 is 14.6 Å². The summed E-state index contributed by atoms with van der Waals surface area (Å²) >= 11 is 0. The molecule has 2 heterocycles. The van der Waals surface area contributed by atoms with E-state index in [2.05, 4.69) is 57.0 Å². The minimum Gasteiger partial charge on any atom is -0.491 e. The van der Waals surface area contributed by atoms with Crippen molar-refractivity contribution in [1.29, 1.82) is 0 Å². The van der Waals surface area contributed by atoms with Gasteiger partial charge in [-0.3, -0.25) is 9.80 Å². The van der Waals surface area contributed by atoms with Gasteiger partial charge in [0.05, 0.1) is 13.2 Å². The van der Waals surface area contributed by atoms with Crippen LogP contribution in [0.4, 0.5) is 0 Å². The minimum atomic E-state index is -0.563. The van der Waals surface area contributed by atoms with Crippen molar-refractivity contribution in [2.24, 2.45) is 0 Å². The zero-order valence-electron chi connectivity index (χ0n) is 19.3. The fourth-order valence-electron chi connectivity index (χ4n) is 4.16. The maximum absolute atomic E-state index is 10.7. The lowest BCUT2D eigenvalue weighted by Crippen LogP contribution is -2.43. The molecule has 2 aromatic carbocycles. The third kappa shape index (κ3) is 7.72. The van der Waals surface area contributed by atoms with E-state index in [1.165, 1.54) is 11.3 Å². The molecule has 3 aromatic rings. The summed E-state index contributed by atoms with van der Waals surface area (Å²) in [7, 11) is 0. The molecule has 1 fully saturated rings. The highest BCUT2D eigenvalue weighted by Crippen LogP contribution is 2.13. The predicted octanol–water partition coefficient (Wildman–Crippen LogP) is 3.11. The zero-order chi connectivity index (χ0) is 22.7. The molecule has 0 amide bonds. The Morgan fingerprint density at radius 3 is 2.42 bits per heavy atom. The van der Waals surface area contributed by atoms with Crippen LogP contribution in [0.15, 0.2) is 79.0 Å². The summed E-state index contributed by atoms with van der Waals surface area (Å²) in [5.41, 5.74) is 2.53. The first-order valence-corrected chi connectivity index (χ1v) is 11.8. The molecule has 1 N–H and O–H groups in total. The molecule has 1 aliphatic rings. The number of aliphatic hydroxyl groups is 1. The van der Waals surface area contributed by atoms with Crippen LogP contribution in [0, 0.1) is 0 Å². The average molecular weight is 450 g/mol. The number of aliphatic hydroxyl groups excluding tert-OH is 1. The van der Waals surface area contributed by atoms with Gasteiger partial charge >= 0.3 is 0 Å². The number of morpholine rings is 1.